The molecule has 0 spiro atoms. The highest BCUT2D eigenvalue weighted by Crippen LogP contribution is 2.32. The second kappa shape index (κ2) is 10.7. The largest absolute Gasteiger partial charge is 0.350 e. The molecule has 1 aliphatic rings. The lowest BCUT2D eigenvalue weighted by Crippen LogP contribution is -2.46. The summed E-state index contributed by atoms with van der Waals surface area (Å²) in [5.74, 6) is -0.409. The molecule has 0 bridgehead atoms. The predicted octanol–water partition coefficient (Wildman–Crippen LogP) is 5.26. The number of hydrogen-bond acceptors (Lipinski definition) is 3. The minimum absolute atomic E-state index is 0.00544. The molecule has 4 rings (SSSR count). The molecule has 0 saturated heterocycles. The molecule has 6 heteroatoms. The first-order valence-electron chi connectivity index (χ1n) is 11.5. The number of fused-ring (bicyclic) bond motifs is 1. The van der Waals surface area contributed by atoms with Crippen LogP contribution in [0.25, 0.3) is 0 Å². The highest BCUT2D eigenvalue weighted by molar-refractivity contribution is 6.32. The van der Waals surface area contributed by atoms with E-state index in [-0.39, 0.29) is 24.3 Å². The Hall–Kier alpha value is -3.44. The molecular formula is C28H28ClN3O2. The standard InChI is InChI=1S/C28H28ClN3O2/c1-3-19(2)26-28(34)32(18-25(33)30-17-20-10-6-4-7-11-20)24-15-14-22(29)16-23(24)27(31-26)21-12-8-5-9-13-21/h4-16,19,26H,3,17-18H2,1-2H3,(H,30,33)/t19-,26+/m1/s1. The Morgan fingerprint density at radius 2 is 1.74 bits per heavy atom. The highest BCUT2D eigenvalue weighted by Gasteiger charge is 2.35. The molecule has 1 heterocycles. The molecule has 0 radical (unpaired) electrons. The van der Waals surface area contributed by atoms with Crippen molar-refractivity contribution in [3.8, 4) is 0 Å². The molecule has 0 aromatic heterocycles. The van der Waals surface area contributed by atoms with Crippen molar-refractivity contribution in [3.63, 3.8) is 0 Å². The van der Waals surface area contributed by atoms with E-state index in [4.69, 9.17) is 16.6 Å². The maximum atomic E-state index is 13.8. The van der Waals surface area contributed by atoms with Gasteiger partial charge in [0.25, 0.3) is 5.91 Å². The highest BCUT2D eigenvalue weighted by atomic mass is 35.5. The fourth-order valence-electron chi connectivity index (χ4n) is 4.05. The summed E-state index contributed by atoms with van der Waals surface area (Å²) in [7, 11) is 0. The number of carbonyl (C=O) groups is 2. The van der Waals surface area contributed by atoms with Crippen LogP contribution in [0.5, 0.6) is 0 Å². The molecule has 0 unspecified atom stereocenters. The number of aliphatic imine (C=N–C) groups is 1. The van der Waals surface area contributed by atoms with Crippen LogP contribution >= 0.6 is 11.6 Å². The van der Waals surface area contributed by atoms with Crippen LogP contribution in [0.4, 0.5) is 5.69 Å². The molecular weight excluding hydrogens is 446 g/mol. The fraction of sp³-hybridized carbons (Fsp3) is 0.250. The molecule has 34 heavy (non-hydrogen) atoms. The van der Waals surface area contributed by atoms with E-state index in [1.165, 1.54) is 0 Å². The molecule has 1 N–H and O–H groups in total. The topological polar surface area (TPSA) is 61.8 Å². The zero-order valence-corrected chi connectivity index (χ0v) is 20.1. The van der Waals surface area contributed by atoms with Gasteiger partial charge in [-0.2, -0.15) is 0 Å². The number of amides is 2. The third kappa shape index (κ3) is 5.20. The maximum absolute atomic E-state index is 13.8. The molecule has 5 nitrogen and oxygen atoms in total. The van der Waals surface area contributed by atoms with Gasteiger partial charge in [-0.05, 0) is 29.7 Å². The van der Waals surface area contributed by atoms with Crippen molar-refractivity contribution >= 4 is 34.8 Å². The molecule has 3 aromatic rings. The number of anilines is 1. The maximum Gasteiger partial charge on any atom is 0.252 e. The van der Waals surface area contributed by atoms with Crippen molar-refractivity contribution in [1.29, 1.82) is 0 Å². The zero-order valence-electron chi connectivity index (χ0n) is 19.4. The summed E-state index contributed by atoms with van der Waals surface area (Å²) in [5, 5.41) is 3.48. The van der Waals surface area contributed by atoms with Gasteiger partial charge in [0.1, 0.15) is 12.6 Å². The van der Waals surface area contributed by atoms with Crippen LogP contribution < -0.4 is 10.2 Å². The Kier molecular flexibility index (Phi) is 7.43. The number of nitrogens with zero attached hydrogens (tertiary/aromatic N) is 2. The van der Waals surface area contributed by atoms with Crippen LogP contribution in [0.1, 0.15) is 37.0 Å². The number of halogens is 1. The van der Waals surface area contributed by atoms with Crippen LogP contribution in [0.2, 0.25) is 5.02 Å². The van der Waals surface area contributed by atoms with E-state index in [0.717, 1.165) is 23.1 Å². The molecule has 0 fully saturated rings. The van der Waals surface area contributed by atoms with Gasteiger partial charge in [-0.1, -0.05) is 92.5 Å². The van der Waals surface area contributed by atoms with Crippen molar-refractivity contribution in [1.82, 2.24) is 5.32 Å². The van der Waals surface area contributed by atoms with Crippen LogP contribution in [-0.4, -0.2) is 30.1 Å². The number of benzene rings is 3. The van der Waals surface area contributed by atoms with Gasteiger partial charge in [-0.25, -0.2) is 0 Å². The smallest absolute Gasteiger partial charge is 0.252 e. The number of hydrogen-bond donors (Lipinski definition) is 1. The summed E-state index contributed by atoms with van der Waals surface area (Å²) in [4.78, 5) is 33.3. The minimum Gasteiger partial charge on any atom is -0.350 e. The number of carbonyl (C=O) groups excluding carboxylic acids is 2. The molecule has 0 aliphatic carbocycles. The molecule has 2 atom stereocenters. The van der Waals surface area contributed by atoms with Gasteiger partial charge < -0.3 is 10.2 Å². The summed E-state index contributed by atoms with van der Waals surface area (Å²) in [5.41, 5.74) is 4.00. The van der Waals surface area contributed by atoms with Gasteiger partial charge in [0.15, 0.2) is 0 Å². The van der Waals surface area contributed by atoms with E-state index < -0.39 is 6.04 Å². The quantitative estimate of drug-likeness (QED) is 0.509. The van der Waals surface area contributed by atoms with Gasteiger partial charge in [0.2, 0.25) is 5.91 Å². The Morgan fingerprint density at radius 3 is 2.41 bits per heavy atom. The average Bonchev–Trinajstić information content (AvgIpc) is 2.98. The summed E-state index contributed by atoms with van der Waals surface area (Å²) >= 11 is 6.38. The second-order valence-corrected chi connectivity index (χ2v) is 8.96. The van der Waals surface area contributed by atoms with Gasteiger partial charge in [0, 0.05) is 22.7 Å². The van der Waals surface area contributed by atoms with Crippen molar-refractivity contribution in [2.24, 2.45) is 10.9 Å². The fourth-order valence-corrected chi connectivity index (χ4v) is 4.23. The Morgan fingerprint density at radius 1 is 1.06 bits per heavy atom. The summed E-state index contributed by atoms with van der Waals surface area (Å²) in [6.45, 7) is 4.37. The third-order valence-electron chi connectivity index (χ3n) is 6.16. The van der Waals surface area contributed by atoms with Crippen LogP contribution in [-0.2, 0) is 16.1 Å². The Balaban J connectivity index is 1.72. The van der Waals surface area contributed by atoms with Crippen LogP contribution in [0.15, 0.2) is 83.9 Å². The van der Waals surface area contributed by atoms with Gasteiger partial charge in [0.05, 0.1) is 11.4 Å². The SMILES string of the molecule is CC[C@@H](C)[C@@H]1N=C(c2ccccc2)c2cc(Cl)ccc2N(CC(=O)NCc2ccccc2)C1=O. The van der Waals surface area contributed by atoms with Crippen LogP contribution in [0, 0.1) is 5.92 Å². The first kappa shape index (κ1) is 23.7. The van der Waals surface area contributed by atoms with Crippen molar-refractivity contribution in [2.45, 2.75) is 32.9 Å². The normalized spacial score (nSPS) is 16.3. The Labute approximate surface area is 205 Å². The van der Waals surface area contributed by atoms with E-state index in [2.05, 4.69) is 5.32 Å². The van der Waals surface area contributed by atoms with Gasteiger partial charge >= 0.3 is 0 Å². The first-order valence-corrected chi connectivity index (χ1v) is 11.9. The van der Waals surface area contributed by atoms with Crippen LogP contribution in [0.3, 0.4) is 0 Å². The lowest BCUT2D eigenvalue weighted by atomic mass is 9.98. The predicted molar refractivity (Wildman–Crippen MR) is 137 cm³/mol. The molecule has 3 aromatic carbocycles. The number of nitrogens with one attached hydrogen (secondary N) is 1. The van der Waals surface area contributed by atoms with E-state index in [9.17, 15) is 9.59 Å². The van der Waals surface area contributed by atoms with E-state index in [1.807, 2.05) is 80.6 Å². The lowest BCUT2D eigenvalue weighted by molar-refractivity contribution is -0.125. The second-order valence-electron chi connectivity index (χ2n) is 8.52. The molecule has 1 aliphatic heterocycles. The summed E-state index contributed by atoms with van der Waals surface area (Å²) in [6.07, 6.45) is 0.785. The van der Waals surface area contributed by atoms with E-state index in [1.54, 1.807) is 17.0 Å². The van der Waals surface area contributed by atoms with E-state index >= 15 is 0 Å². The number of benzodiazepines with no additional fused rings is 1. The molecule has 174 valence electrons. The van der Waals surface area contributed by atoms with Crippen molar-refractivity contribution in [3.05, 3.63) is 101 Å². The third-order valence-corrected chi connectivity index (χ3v) is 6.39. The monoisotopic (exact) mass is 473 g/mol. The lowest BCUT2D eigenvalue weighted by Gasteiger charge is -2.26. The summed E-state index contributed by atoms with van der Waals surface area (Å²) in [6, 6.07) is 24.3. The Bertz CT molecular complexity index is 1190. The van der Waals surface area contributed by atoms with Crippen molar-refractivity contribution < 1.29 is 9.59 Å². The minimum atomic E-state index is -0.603. The molecule has 0 saturated carbocycles. The number of rotatable bonds is 7. The summed E-state index contributed by atoms with van der Waals surface area (Å²) < 4.78 is 0. The average molecular weight is 474 g/mol. The molecule has 2 amide bonds. The van der Waals surface area contributed by atoms with Crippen molar-refractivity contribution in [2.75, 3.05) is 11.4 Å². The zero-order chi connectivity index (χ0) is 24.1. The first-order chi connectivity index (χ1) is 16.5. The van der Waals surface area contributed by atoms with Gasteiger partial charge in [-0.3, -0.25) is 14.6 Å². The van der Waals surface area contributed by atoms with Gasteiger partial charge in [-0.15, -0.1) is 0 Å². The van der Waals surface area contributed by atoms with E-state index in [0.29, 0.717) is 23.0 Å².